The van der Waals surface area contributed by atoms with Crippen molar-refractivity contribution in [3.63, 3.8) is 0 Å². The first-order valence-electron chi connectivity index (χ1n) is 4.95. The Kier molecular flexibility index (Phi) is 3.70. The molecule has 0 saturated heterocycles. The number of benzene rings is 1. The number of nitrogens with zero attached hydrogens (tertiary/aromatic N) is 4. The number of aliphatic hydroxyl groups is 1. The molecule has 1 aromatic carbocycles. The Morgan fingerprint density at radius 3 is 3.00 bits per heavy atom. The Labute approximate surface area is 102 Å². The molecule has 2 rings (SSSR count). The predicted octanol–water partition coefficient (Wildman–Crippen LogP) is 1.17. The van der Waals surface area contributed by atoms with Gasteiger partial charge >= 0.3 is 0 Å². The second-order valence-corrected chi connectivity index (χ2v) is 4.45. The van der Waals surface area contributed by atoms with E-state index in [2.05, 4.69) is 15.5 Å². The normalized spacial score (nSPS) is 12.6. The predicted molar refractivity (Wildman–Crippen MR) is 60.9 cm³/mol. The van der Waals surface area contributed by atoms with E-state index in [1.165, 1.54) is 28.6 Å². The molecule has 1 aromatic heterocycles. The number of aliphatic hydroxyl groups excluding tert-OH is 1. The number of aromatic nitrogens is 4. The van der Waals surface area contributed by atoms with Gasteiger partial charge in [0.1, 0.15) is 5.82 Å². The number of hydrogen-bond acceptors (Lipinski definition) is 5. The molecule has 2 aromatic rings. The molecule has 0 aliphatic carbocycles. The number of rotatable bonds is 4. The summed E-state index contributed by atoms with van der Waals surface area (Å²) in [7, 11) is 1.72. The SMILES string of the molecule is Cn1nnnc1SC[C@H](O)c1cccc(F)c1. The molecular formula is C10H11FN4OS. The fraction of sp³-hybridized carbons (Fsp3) is 0.300. The minimum Gasteiger partial charge on any atom is -0.388 e. The van der Waals surface area contributed by atoms with Crippen molar-refractivity contribution < 1.29 is 9.50 Å². The van der Waals surface area contributed by atoms with Gasteiger partial charge < -0.3 is 5.11 Å². The zero-order valence-electron chi connectivity index (χ0n) is 9.12. The molecule has 1 atom stereocenters. The fourth-order valence-corrected chi connectivity index (χ4v) is 2.12. The lowest BCUT2D eigenvalue weighted by molar-refractivity contribution is 0.203. The average molecular weight is 254 g/mol. The first kappa shape index (κ1) is 12.0. The highest BCUT2D eigenvalue weighted by molar-refractivity contribution is 7.99. The minimum absolute atomic E-state index is 0.355. The van der Waals surface area contributed by atoms with Crippen LogP contribution in [0, 0.1) is 5.82 Å². The Hall–Kier alpha value is -1.47. The van der Waals surface area contributed by atoms with Gasteiger partial charge in [0, 0.05) is 12.8 Å². The van der Waals surface area contributed by atoms with Crippen LogP contribution in [0.25, 0.3) is 0 Å². The van der Waals surface area contributed by atoms with E-state index in [0.717, 1.165) is 0 Å². The Morgan fingerprint density at radius 1 is 1.53 bits per heavy atom. The third-order valence-electron chi connectivity index (χ3n) is 2.19. The number of halogens is 1. The van der Waals surface area contributed by atoms with E-state index in [0.29, 0.717) is 16.5 Å². The van der Waals surface area contributed by atoms with E-state index in [1.54, 1.807) is 19.2 Å². The quantitative estimate of drug-likeness (QED) is 0.830. The topological polar surface area (TPSA) is 63.8 Å². The third-order valence-corrected chi connectivity index (χ3v) is 3.27. The second kappa shape index (κ2) is 5.24. The smallest absolute Gasteiger partial charge is 0.209 e. The Balaban J connectivity index is 1.98. The van der Waals surface area contributed by atoms with E-state index in [4.69, 9.17) is 0 Å². The van der Waals surface area contributed by atoms with Gasteiger partial charge in [-0.15, -0.1) is 5.10 Å². The van der Waals surface area contributed by atoms with Crippen molar-refractivity contribution in [3.05, 3.63) is 35.6 Å². The molecule has 0 bridgehead atoms. The van der Waals surface area contributed by atoms with Crippen molar-refractivity contribution in [2.24, 2.45) is 7.05 Å². The molecule has 5 nitrogen and oxygen atoms in total. The van der Waals surface area contributed by atoms with Crippen molar-refractivity contribution in [2.45, 2.75) is 11.3 Å². The molecule has 7 heteroatoms. The summed E-state index contributed by atoms with van der Waals surface area (Å²) in [4.78, 5) is 0. The molecule has 0 saturated carbocycles. The molecule has 0 amide bonds. The highest BCUT2D eigenvalue weighted by Crippen LogP contribution is 2.22. The molecule has 90 valence electrons. The van der Waals surface area contributed by atoms with Crippen LogP contribution in [0.3, 0.4) is 0 Å². The summed E-state index contributed by atoms with van der Waals surface area (Å²) in [5.74, 6) is 0.0179. The van der Waals surface area contributed by atoms with Crippen molar-refractivity contribution in [3.8, 4) is 0 Å². The molecule has 0 unspecified atom stereocenters. The fourth-order valence-electron chi connectivity index (χ4n) is 1.31. The van der Waals surface area contributed by atoms with Crippen LogP contribution < -0.4 is 0 Å². The van der Waals surface area contributed by atoms with Gasteiger partial charge in [-0.25, -0.2) is 9.07 Å². The molecule has 0 spiro atoms. The highest BCUT2D eigenvalue weighted by Gasteiger charge is 2.11. The van der Waals surface area contributed by atoms with Gasteiger partial charge in [-0.2, -0.15) is 0 Å². The van der Waals surface area contributed by atoms with Gasteiger partial charge in [0.2, 0.25) is 5.16 Å². The summed E-state index contributed by atoms with van der Waals surface area (Å²) in [5, 5.41) is 21.4. The highest BCUT2D eigenvalue weighted by atomic mass is 32.2. The van der Waals surface area contributed by atoms with Gasteiger partial charge in [0.25, 0.3) is 0 Å². The Morgan fingerprint density at radius 2 is 2.35 bits per heavy atom. The van der Waals surface area contributed by atoms with E-state index < -0.39 is 6.10 Å². The lowest BCUT2D eigenvalue weighted by Crippen LogP contribution is -2.02. The first-order valence-corrected chi connectivity index (χ1v) is 5.94. The third kappa shape index (κ3) is 3.01. The molecule has 0 fully saturated rings. The minimum atomic E-state index is -0.743. The van der Waals surface area contributed by atoms with Crippen LogP contribution in [0.4, 0.5) is 4.39 Å². The maximum atomic E-state index is 13.0. The summed E-state index contributed by atoms with van der Waals surface area (Å²) < 4.78 is 14.5. The van der Waals surface area contributed by atoms with Crippen LogP contribution in [0.2, 0.25) is 0 Å². The monoisotopic (exact) mass is 254 g/mol. The zero-order valence-corrected chi connectivity index (χ0v) is 9.93. The van der Waals surface area contributed by atoms with E-state index in [-0.39, 0.29) is 5.82 Å². The molecule has 1 N–H and O–H groups in total. The first-order chi connectivity index (χ1) is 8.16. The summed E-state index contributed by atoms with van der Waals surface area (Å²) in [6.07, 6.45) is -0.743. The molecule has 0 aliphatic heterocycles. The number of hydrogen-bond donors (Lipinski definition) is 1. The van der Waals surface area contributed by atoms with Crippen molar-refractivity contribution in [2.75, 3.05) is 5.75 Å². The lowest BCUT2D eigenvalue weighted by Gasteiger charge is -2.09. The van der Waals surface area contributed by atoms with Crippen LogP contribution >= 0.6 is 11.8 Å². The van der Waals surface area contributed by atoms with Crippen LogP contribution in [0.5, 0.6) is 0 Å². The number of tetrazole rings is 1. The van der Waals surface area contributed by atoms with Gasteiger partial charge in [-0.1, -0.05) is 23.9 Å². The summed E-state index contributed by atoms with van der Waals surface area (Å²) in [5.41, 5.74) is 0.549. The van der Waals surface area contributed by atoms with Crippen LogP contribution in [0.1, 0.15) is 11.7 Å². The largest absolute Gasteiger partial charge is 0.388 e. The van der Waals surface area contributed by atoms with Gasteiger partial charge in [-0.05, 0) is 28.1 Å². The summed E-state index contributed by atoms with van der Waals surface area (Å²) >= 11 is 1.32. The Bertz CT molecular complexity index is 505. The molecule has 17 heavy (non-hydrogen) atoms. The van der Waals surface area contributed by atoms with E-state index in [9.17, 15) is 9.50 Å². The molecular weight excluding hydrogens is 243 g/mol. The number of thioether (sulfide) groups is 1. The standard InChI is InChI=1S/C10H11FN4OS/c1-15-10(12-13-14-15)17-6-9(16)7-3-2-4-8(11)5-7/h2-5,9,16H,6H2,1H3/t9-/m0/s1. The summed E-state index contributed by atoms with van der Waals surface area (Å²) in [6, 6.07) is 5.92. The molecule has 1 heterocycles. The maximum absolute atomic E-state index is 13.0. The lowest BCUT2D eigenvalue weighted by atomic mass is 10.1. The molecule has 0 aliphatic rings. The van der Waals surface area contributed by atoms with Gasteiger partial charge in [0.15, 0.2) is 0 Å². The van der Waals surface area contributed by atoms with Crippen molar-refractivity contribution in [1.82, 2.24) is 20.2 Å². The van der Waals surface area contributed by atoms with Crippen molar-refractivity contribution >= 4 is 11.8 Å². The van der Waals surface area contributed by atoms with Gasteiger partial charge in [0.05, 0.1) is 6.10 Å². The van der Waals surface area contributed by atoms with E-state index in [1.807, 2.05) is 0 Å². The van der Waals surface area contributed by atoms with E-state index >= 15 is 0 Å². The van der Waals surface area contributed by atoms with Crippen molar-refractivity contribution in [1.29, 1.82) is 0 Å². The second-order valence-electron chi connectivity index (χ2n) is 3.47. The number of aryl methyl sites for hydroxylation is 1. The van der Waals surface area contributed by atoms with Crippen LogP contribution in [-0.2, 0) is 7.05 Å². The van der Waals surface area contributed by atoms with Crippen LogP contribution in [0.15, 0.2) is 29.4 Å². The average Bonchev–Trinajstić information content (AvgIpc) is 2.72. The maximum Gasteiger partial charge on any atom is 0.209 e. The van der Waals surface area contributed by atoms with Crippen LogP contribution in [-0.4, -0.2) is 31.1 Å². The van der Waals surface area contributed by atoms with Gasteiger partial charge in [-0.3, -0.25) is 0 Å². The zero-order chi connectivity index (χ0) is 12.3. The molecule has 0 radical (unpaired) electrons. The summed E-state index contributed by atoms with van der Waals surface area (Å²) in [6.45, 7) is 0.